The molecule has 1 fully saturated rings. The second-order valence-corrected chi connectivity index (χ2v) is 9.04. The van der Waals surface area contributed by atoms with E-state index in [1.165, 1.54) is 22.3 Å². The fourth-order valence-electron chi connectivity index (χ4n) is 4.89. The van der Waals surface area contributed by atoms with Crippen LogP contribution in [0.5, 0.6) is 0 Å². The van der Waals surface area contributed by atoms with Gasteiger partial charge in [0.15, 0.2) is 0 Å². The van der Waals surface area contributed by atoms with Crippen molar-refractivity contribution >= 4 is 5.91 Å². The van der Waals surface area contributed by atoms with Gasteiger partial charge in [0.05, 0.1) is 0 Å². The molecule has 1 saturated heterocycles. The first kappa shape index (κ1) is 22.1. The van der Waals surface area contributed by atoms with Crippen molar-refractivity contribution < 1.29 is 4.79 Å². The molecule has 1 amide bonds. The average molecular weight is 447 g/mol. The predicted molar refractivity (Wildman–Crippen MR) is 140 cm³/mol. The zero-order chi connectivity index (χ0) is 23.3. The number of nitrogens with zero attached hydrogens (tertiary/aromatic N) is 1. The van der Waals surface area contributed by atoms with Crippen LogP contribution in [-0.2, 0) is 6.54 Å². The molecule has 0 aliphatic carbocycles. The third kappa shape index (κ3) is 4.80. The predicted octanol–water partition coefficient (Wildman–Crippen LogP) is 6.50. The van der Waals surface area contributed by atoms with E-state index in [1.807, 2.05) is 29.2 Å². The quantitative estimate of drug-likeness (QED) is 0.380. The maximum atomic E-state index is 13.3. The van der Waals surface area contributed by atoms with Gasteiger partial charge in [-0.25, -0.2) is 0 Å². The Morgan fingerprint density at radius 2 is 1.32 bits per heavy atom. The average Bonchev–Trinajstić information content (AvgIpc) is 2.93. The molecule has 2 N–H and O–H groups in total. The van der Waals surface area contributed by atoms with Crippen LogP contribution in [0.4, 0.5) is 0 Å². The summed E-state index contributed by atoms with van der Waals surface area (Å²) < 4.78 is 0. The minimum absolute atomic E-state index is 0.122. The summed E-state index contributed by atoms with van der Waals surface area (Å²) in [6.45, 7) is 2.13. The first-order chi connectivity index (χ1) is 16.7. The van der Waals surface area contributed by atoms with Crippen molar-refractivity contribution in [2.75, 3.05) is 13.1 Å². The summed E-state index contributed by atoms with van der Waals surface area (Å²) in [5, 5.41) is 0. The van der Waals surface area contributed by atoms with Gasteiger partial charge in [-0.15, -0.1) is 0 Å². The molecule has 0 spiro atoms. The summed E-state index contributed by atoms with van der Waals surface area (Å²) in [6, 6.07) is 35.5. The lowest BCUT2D eigenvalue weighted by Gasteiger charge is -2.32. The Morgan fingerprint density at radius 1 is 0.706 bits per heavy atom. The Hall–Kier alpha value is -3.69. The highest BCUT2D eigenvalue weighted by Crippen LogP contribution is 2.30. The maximum absolute atomic E-state index is 13.3. The van der Waals surface area contributed by atoms with Crippen molar-refractivity contribution in [3.05, 3.63) is 120 Å². The molecule has 1 aliphatic heterocycles. The van der Waals surface area contributed by atoms with Gasteiger partial charge >= 0.3 is 0 Å². The van der Waals surface area contributed by atoms with Crippen LogP contribution in [0.1, 0.15) is 40.2 Å². The molecule has 0 saturated carbocycles. The number of carbonyl (C=O) groups is 1. The van der Waals surface area contributed by atoms with Crippen LogP contribution >= 0.6 is 0 Å². The second kappa shape index (κ2) is 10.1. The van der Waals surface area contributed by atoms with Gasteiger partial charge in [-0.3, -0.25) is 4.79 Å². The fourth-order valence-corrected chi connectivity index (χ4v) is 4.89. The molecule has 4 aromatic carbocycles. The van der Waals surface area contributed by atoms with E-state index < -0.39 is 0 Å². The normalized spacial score (nSPS) is 14.2. The van der Waals surface area contributed by atoms with Gasteiger partial charge in [-0.05, 0) is 64.3 Å². The molecular weight excluding hydrogens is 416 g/mol. The van der Waals surface area contributed by atoms with Crippen molar-refractivity contribution in [2.45, 2.75) is 25.3 Å². The van der Waals surface area contributed by atoms with Crippen LogP contribution in [0, 0.1) is 0 Å². The Bertz CT molecular complexity index is 1260. The van der Waals surface area contributed by atoms with Gasteiger partial charge in [0, 0.05) is 25.2 Å². The number of benzene rings is 4. The summed E-state index contributed by atoms with van der Waals surface area (Å²) in [5.74, 6) is 0.613. The van der Waals surface area contributed by atoms with E-state index in [0.717, 1.165) is 42.6 Å². The van der Waals surface area contributed by atoms with Crippen molar-refractivity contribution in [3.63, 3.8) is 0 Å². The lowest BCUT2D eigenvalue weighted by Crippen LogP contribution is -2.37. The third-order valence-corrected chi connectivity index (χ3v) is 6.88. The number of piperidine rings is 1. The molecule has 0 unspecified atom stereocenters. The van der Waals surface area contributed by atoms with Crippen molar-refractivity contribution in [1.82, 2.24) is 4.90 Å². The molecule has 0 bridgehead atoms. The third-order valence-electron chi connectivity index (χ3n) is 6.88. The highest BCUT2D eigenvalue weighted by Gasteiger charge is 2.25. The molecule has 0 aromatic heterocycles. The SMILES string of the molecule is NCc1cccc(C2CCN(C(=O)c3cccc(-c4ccc(-c5ccccc5)cc4)c3)CC2)c1. The molecule has 3 nitrogen and oxygen atoms in total. The topological polar surface area (TPSA) is 46.3 Å². The summed E-state index contributed by atoms with van der Waals surface area (Å²) in [7, 11) is 0. The van der Waals surface area contributed by atoms with E-state index >= 15 is 0 Å². The summed E-state index contributed by atoms with van der Waals surface area (Å²) in [5.41, 5.74) is 13.7. The van der Waals surface area contributed by atoms with Gasteiger partial charge in [-0.1, -0.05) is 91.0 Å². The van der Waals surface area contributed by atoms with Gasteiger partial charge in [-0.2, -0.15) is 0 Å². The molecule has 5 rings (SSSR count). The van der Waals surface area contributed by atoms with E-state index in [4.69, 9.17) is 5.73 Å². The fraction of sp³-hybridized carbons (Fsp3) is 0.194. The molecule has 170 valence electrons. The molecule has 3 heteroatoms. The summed E-state index contributed by atoms with van der Waals surface area (Å²) in [4.78, 5) is 15.3. The molecule has 1 aliphatic rings. The van der Waals surface area contributed by atoms with Crippen molar-refractivity contribution in [3.8, 4) is 22.3 Å². The molecular formula is C31H30N2O. The van der Waals surface area contributed by atoms with Crippen LogP contribution in [0.15, 0.2) is 103 Å². The van der Waals surface area contributed by atoms with Gasteiger partial charge in [0.1, 0.15) is 0 Å². The van der Waals surface area contributed by atoms with Gasteiger partial charge in [0.2, 0.25) is 0 Å². The van der Waals surface area contributed by atoms with Gasteiger partial charge < -0.3 is 10.6 Å². The van der Waals surface area contributed by atoms with Crippen molar-refractivity contribution in [1.29, 1.82) is 0 Å². The van der Waals surface area contributed by atoms with Crippen LogP contribution < -0.4 is 5.73 Å². The monoisotopic (exact) mass is 446 g/mol. The zero-order valence-electron chi connectivity index (χ0n) is 19.4. The van der Waals surface area contributed by atoms with E-state index in [0.29, 0.717) is 12.5 Å². The highest BCUT2D eigenvalue weighted by atomic mass is 16.2. The number of nitrogens with two attached hydrogens (primary N) is 1. The largest absolute Gasteiger partial charge is 0.339 e. The minimum Gasteiger partial charge on any atom is -0.339 e. The van der Waals surface area contributed by atoms with Crippen LogP contribution in [0.2, 0.25) is 0 Å². The van der Waals surface area contributed by atoms with Crippen LogP contribution in [0.25, 0.3) is 22.3 Å². The number of rotatable bonds is 5. The first-order valence-electron chi connectivity index (χ1n) is 12.1. The van der Waals surface area contributed by atoms with Crippen LogP contribution in [0.3, 0.4) is 0 Å². The second-order valence-electron chi connectivity index (χ2n) is 9.04. The maximum Gasteiger partial charge on any atom is 0.253 e. The van der Waals surface area contributed by atoms with E-state index in [-0.39, 0.29) is 5.91 Å². The number of hydrogen-bond donors (Lipinski definition) is 1. The summed E-state index contributed by atoms with van der Waals surface area (Å²) >= 11 is 0. The summed E-state index contributed by atoms with van der Waals surface area (Å²) in [6.07, 6.45) is 1.97. The highest BCUT2D eigenvalue weighted by molar-refractivity contribution is 5.95. The van der Waals surface area contributed by atoms with Crippen molar-refractivity contribution in [2.24, 2.45) is 5.73 Å². The van der Waals surface area contributed by atoms with E-state index in [1.54, 1.807) is 0 Å². The van der Waals surface area contributed by atoms with E-state index in [2.05, 4.69) is 78.9 Å². The molecule has 0 atom stereocenters. The Kier molecular flexibility index (Phi) is 6.55. The Labute approximate surface area is 201 Å². The Balaban J connectivity index is 1.27. The number of amides is 1. The standard InChI is InChI=1S/C31H30N2O/c32-22-23-6-4-9-28(20-23)27-16-18-33(19-17-27)31(34)30-11-5-10-29(21-30)26-14-12-25(13-15-26)24-7-2-1-3-8-24/h1-15,20-21,27H,16-19,22,32H2. The molecule has 1 heterocycles. The number of likely N-dealkylation sites (tertiary alicyclic amines) is 1. The van der Waals surface area contributed by atoms with Gasteiger partial charge in [0.25, 0.3) is 5.91 Å². The zero-order valence-corrected chi connectivity index (χ0v) is 19.4. The molecule has 0 radical (unpaired) electrons. The molecule has 34 heavy (non-hydrogen) atoms. The number of carbonyl (C=O) groups excluding carboxylic acids is 1. The first-order valence-corrected chi connectivity index (χ1v) is 12.1. The van der Waals surface area contributed by atoms with Crippen LogP contribution in [-0.4, -0.2) is 23.9 Å². The lowest BCUT2D eigenvalue weighted by atomic mass is 9.88. The Morgan fingerprint density at radius 3 is 2.03 bits per heavy atom. The minimum atomic E-state index is 0.122. The van der Waals surface area contributed by atoms with E-state index in [9.17, 15) is 4.79 Å². The smallest absolute Gasteiger partial charge is 0.253 e. The number of hydrogen-bond acceptors (Lipinski definition) is 2. The lowest BCUT2D eigenvalue weighted by molar-refractivity contribution is 0.0713. The molecule has 4 aromatic rings.